The van der Waals surface area contributed by atoms with Crippen molar-refractivity contribution in [3.63, 3.8) is 0 Å². The highest BCUT2D eigenvalue weighted by Gasteiger charge is 2.47. The molecule has 158 valence electrons. The Morgan fingerprint density at radius 3 is 2.38 bits per heavy atom. The third-order valence-corrected chi connectivity index (χ3v) is 5.19. The van der Waals surface area contributed by atoms with Gasteiger partial charge in [-0.05, 0) is 32.3 Å². The highest BCUT2D eigenvalue weighted by atomic mass is 16.5. The molecule has 0 aliphatic heterocycles. The molecule has 0 spiro atoms. The molecule has 0 unspecified atom stereocenters. The van der Waals surface area contributed by atoms with Gasteiger partial charge >= 0.3 is 11.9 Å². The van der Waals surface area contributed by atoms with Crippen LogP contribution in [0.4, 0.5) is 0 Å². The molecule has 0 radical (unpaired) electrons. The van der Waals surface area contributed by atoms with Gasteiger partial charge in [-0.15, -0.1) is 0 Å². The number of methoxy groups -OCH3 is 1. The first-order valence-electron chi connectivity index (χ1n) is 10.0. The average Bonchev–Trinajstić information content (AvgIpc) is 2.74. The van der Waals surface area contributed by atoms with Gasteiger partial charge in [0, 0.05) is 6.04 Å². The number of carbonyl (C=O) groups is 3. The number of hydrogen-bond donors (Lipinski definition) is 2. The van der Waals surface area contributed by atoms with Gasteiger partial charge in [-0.3, -0.25) is 9.59 Å². The molecule has 1 aliphatic carbocycles. The normalized spacial score (nSPS) is 17.0. The van der Waals surface area contributed by atoms with Crippen LogP contribution in [0.2, 0.25) is 0 Å². The summed E-state index contributed by atoms with van der Waals surface area (Å²) < 4.78 is 9.92. The third kappa shape index (κ3) is 5.82. The second-order valence-electron chi connectivity index (χ2n) is 7.18. The van der Waals surface area contributed by atoms with Crippen LogP contribution in [0.3, 0.4) is 0 Å². The van der Waals surface area contributed by atoms with Crippen molar-refractivity contribution in [3.8, 4) is 0 Å². The van der Waals surface area contributed by atoms with E-state index in [2.05, 4.69) is 10.6 Å². The van der Waals surface area contributed by atoms with Crippen molar-refractivity contribution in [2.75, 3.05) is 13.7 Å². The molecule has 0 heterocycles. The van der Waals surface area contributed by atoms with Crippen LogP contribution in [0, 0.1) is 5.41 Å². The first kappa shape index (κ1) is 22.5. The Labute approximate surface area is 171 Å². The second-order valence-corrected chi connectivity index (χ2v) is 7.18. The number of rotatable bonds is 8. The minimum absolute atomic E-state index is 0.183. The van der Waals surface area contributed by atoms with Crippen molar-refractivity contribution in [1.82, 2.24) is 10.6 Å². The number of amides is 1. The lowest BCUT2D eigenvalue weighted by molar-refractivity contribution is -0.161. The smallest absolute Gasteiger partial charge is 0.334 e. The lowest BCUT2D eigenvalue weighted by atomic mass is 9.73. The number of ether oxygens (including phenoxy) is 2. The Morgan fingerprint density at radius 2 is 1.79 bits per heavy atom. The van der Waals surface area contributed by atoms with Crippen LogP contribution in [0.15, 0.2) is 42.2 Å². The van der Waals surface area contributed by atoms with Crippen molar-refractivity contribution in [2.24, 2.45) is 5.41 Å². The van der Waals surface area contributed by atoms with Gasteiger partial charge in [-0.25, -0.2) is 4.79 Å². The molecule has 2 N–H and O–H groups in total. The van der Waals surface area contributed by atoms with Gasteiger partial charge in [-0.1, -0.05) is 49.6 Å². The highest BCUT2D eigenvalue weighted by molar-refractivity contribution is 6.03. The van der Waals surface area contributed by atoms with Crippen LogP contribution in [-0.2, 0) is 23.9 Å². The molecule has 1 aliphatic rings. The largest absolute Gasteiger partial charge is 0.468 e. The second kappa shape index (κ2) is 10.6. The van der Waals surface area contributed by atoms with E-state index in [0.717, 1.165) is 24.8 Å². The summed E-state index contributed by atoms with van der Waals surface area (Å²) in [6.45, 7) is 3.84. The molecule has 2 rings (SSSR count). The van der Waals surface area contributed by atoms with Gasteiger partial charge in [0.2, 0.25) is 5.91 Å². The summed E-state index contributed by atoms with van der Waals surface area (Å²) in [7, 11) is 1.29. The molecule has 0 aromatic heterocycles. The molecule has 1 aromatic rings. The molecule has 29 heavy (non-hydrogen) atoms. The third-order valence-electron chi connectivity index (χ3n) is 5.19. The van der Waals surface area contributed by atoms with Gasteiger partial charge in [0.15, 0.2) is 0 Å². The molecule has 1 amide bonds. The van der Waals surface area contributed by atoms with Crippen molar-refractivity contribution in [1.29, 1.82) is 0 Å². The Morgan fingerprint density at radius 1 is 1.14 bits per heavy atom. The summed E-state index contributed by atoms with van der Waals surface area (Å²) in [5.41, 5.74) is -0.254. The Bertz CT molecular complexity index is 739. The summed E-state index contributed by atoms with van der Waals surface area (Å²) in [4.78, 5) is 37.6. The van der Waals surface area contributed by atoms with Gasteiger partial charge in [0.05, 0.1) is 19.8 Å². The first-order valence-corrected chi connectivity index (χ1v) is 10.0. The fourth-order valence-electron chi connectivity index (χ4n) is 3.59. The van der Waals surface area contributed by atoms with E-state index in [1.807, 2.05) is 37.3 Å². The number of hydrogen-bond acceptors (Lipinski definition) is 6. The molecule has 1 atom stereocenters. The monoisotopic (exact) mass is 402 g/mol. The lowest BCUT2D eigenvalue weighted by Crippen LogP contribution is -2.49. The lowest BCUT2D eigenvalue weighted by Gasteiger charge is -2.33. The standard InChI is InChI=1S/C22H30N2O5/c1-4-29-19(25)15-18(23-16(2)17-11-7-5-8-12-17)24-20(26)22(21(27)28-3)13-9-6-10-14-22/h5,7-8,11-12,15-16,23H,4,6,9-10,13-14H2,1-3H3,(H,24,26)/t16-/m0/s1. The molecule has 0 bridgehead atoms. The Balaban J connectivity index is 2.24. The SMILES string of the molecule is CCOC(=O)C=C(NC(=O)C1(C(=O)OC)CCCCC1)N[C@@H](C)c1ccccc1. The van der Waals surface area contributed by atoms with Crippen molar-refractivity contribution < 1.29 is 23.9 Å². The number of benzene rings is 1. The number of nitrogens with one attached hydrogen (secondary N) is 2. The zero-order valence-electron chi connectivity index (χ0n) is 17.3. The van der Waals surface area contributed by atoms with E-state index in [4.69, 9.17) is 9.47 Å². The molecule has 1 saturated carbocycles. The van der Waals surface area contributed by atoms with Crippen LogP contribution in [0.1, 0.15) is 57.6 Å². The van der Waals surface area contributed by atoms with Crippen LogP contribution >= 0.6 is 0 Å². The predicted octanol–water partition coefficient (Wildman–Crippen LogP) is 2.98. The number of carbonyl (C=O) groups excluding carboxylic acids is 3. The Hall–Kier alpha value is -2.83. The summed E-state index contributed by atoms with van der Waals surface area (Å²) >= 11 is 0. The van der Waals surface area contributed by atoms with Gasteiger partial charge < -0.3 is 20.1 Å². The van der Waals surface area contributed by atoms with Gasteiger partial charge in [-0.2, -0.15) is 0 Å². The zero-order valence-corrected chi connectivity index (χ0v) is 17.3. The fourth-order valence-corrected chi connectivity index (χ4v) is 3.59. The molecule has 1 fully saturated rings. The maximum absolute atomic E-state index is 13.1. The van der Waals surface area contributed by atoms with Crippen molar-refractivity contribution >= 4 is 17.8 Å². The minimum atomic E-state index is -1.24. The summed E-state index contributed by atoms with van der Waals surface area (Å²) in [5, 5.41) is 5.89. The van der Waals surface area contributed by atoms with Crippen molar-refractivity contribution in [2.45, 2.75) is 52.0 Å². The molecular formula is C22H30N2O5. The summed E-state index contributed by atoms with van der Waals surface area (Å²) in [5.74, 6) is -1.39. The number of esters is 2. The van der Waals surface area contributed by atoms with Gasteiger partial charge in [0.25, 0.3) is 0 Å². The zero-order chi connectivity index (χ0) is 21.3. The van der Waals surface area contributed by atoms with Crippen LogP contribution in [-0.4, -0.2) is 31.6 Å². The average molecular weight is 402 g/mol. The van der Waals surface area contributed by atoms with Crippen molar-refractivity contribution in [3.05, 3.63) is 47.8 Å². The van der Waals surface area contributed by atoms with E-state index in [9.17, 15) is 14.4 Å². The molecular weight excluding hydrogens is 372 g/mol. The van der Waals surface area contributed by atoms with Gasteiger partial charge in [0.1, 0.15) is 11.2 Å². The van der Waals surface area contributed by atoms with E-state index in [-0.39, 0.29) is 18.5 Å². The maximum Gasteiger partial charge on any atom is 0.334 e. The summed E-state index contributed by atoms with van der Waals surface area (Å²) in [6, 6.07) is 9.44. The quantitative estimate of drug-likeness (QED) is 0.394. The van der Waals surface area contributed by atoms with E-state index in [0.29, 0.717) is 12.8 Å². The minimum Gasteiger partial charge on any atom is -0.468 e. The van der Waals surface area contributed by atoms with E-state index < -0.39 is 23.3 Å². The fraction of sp³-hybridized carbons (Fsp3) is 0.500. The molecule has 7 heteroatoms. The van der Waals surface area contributed by atoms with Crippen LogP contribution < -0.4 is 10.6 Å². The van der Waals surface area contributed by atoms with Crippen LogP contribution in [0.5, 0.6) is 0 Å². The predicted molar refractivity (Wildman–Crippen MR) is 108 cm³/mol. The topological polar surface area (TPSA) is 93.7 Å². The van der Waals surface area contributed by atoms with E-state index in [1.54, 1.807) is 6.92 Å². The highest BCUT2D eigenvalue weighted by Crippen LogP contribution is 2.38. The molecule has 0 saturated heterocycles. The van der Waals surface area contributed by atoms with E-state index in [1.165, 1.54) is 13.2 Å². The molecule has 1 aromatic carbocycles. The van der Waals surface area contributed by atoms with Crippen LogP contribution in [0.25, 0.3) is 0 Å². The molecule has 7 nitrogen and oxygen atoms in total. The maximum atomic E-state index is 13.1. The Kier molecular flexibility index (Phi) is 8.24. The first-order chi connectivity index (χ1) is 13.9. The summed E-state index contributed by atoms with van der Waals surface area (Å²) in [6.07, 6.45) is 4.56. The van der Waals surface area contributed by atoms with E-state index >= 15 is 0 Å².